The molecule has 2 unspecified atom stereocenters. The number of ether oxygens (including phenoxy) is 2. The van der Waals surface area contributed by atoms with Gasteiger partial charge in [-0.25, -0.2) is 15.0 Å². The van der Waals surface area contributed by atoms with Crippen LogP contribution in [0.15, 0.2) is 30.9 Å². The van der Waals surface area contributed by atoms with E-state index in [4.69, 9.17) is 15.2 Å². The number of nitrogens with two attached hydrogens (primary N) is 1. The number of nitrogens with zero attached hydrogens (tertiary/aromatic N) is 4. The highest BCUT2D eigenvalue weighted by molar-refractivity contribution is 5.82. The van der Waals surface area contributed by atoms with Gasteiger partial charge in [-0.1, -0.05) is 0 Å². The monoisotopic (exact) mass is 382 g/mol. The summed E-state index contributed by atoms with van der Waals surface area (Å²) in [7, 11) is 3.29. The van der Waals surface area contributed by atoms with Crippen molar-refractivity contribution in [3.05, 3.63) is 36.4 Å². The fourth-order valence-electron chi connectivity index (χ4n) is 3.94. The Kier molecular flexibility index (Phi) is 5.29. The molecule has 0 saturated heterocycles. The van der Waals surface area contributed by atoms with Crippen LogP contribution in [0, 0.1) is 5.92 Å². The van der Waals surface area contributed by atoms with Gasteiger partial charge in [0.2, 0.25) is 0 Å². The third-order valence-electron chi connectivity index (χ3n) is 5.54. The van der Waals surface area contributed by atoms with E-state index in [1.165, 1.54) is 0 Å². The average Bonchev–Trinajstić information content (AvgIpc) is 3.38. The summed E-state index contributed by atoms with van der Waals surface area (Å²) in [5.74, 6) is 2.83. The number of fused-ring (bicyclic) bond motifs is 1. The predicted octanol–water partition coefficient (Wildman–Crippen LogP) is 2.76. The molecular weight excluding hydrogens is 356 g/mol. The van der Waals surface area contributed by atoms with E-state index >= 15 is 0 Å². The first-order valence-electron chi connectivity index (χ1n) is 9.55. The van der Waals surface area contributed by atoms with Crippen molar-refractivity contribution in [1.29, 1.82) is 0 Å². The van der Waals surface area contributed by atoms with Gasteiger partial charge in [-0.2, -0.15) is 0 Å². The molecule has 4 rings (SSSR count). The highest BCUT2D eigenvalue weighted by Crippen LogP contribution is 2.36. The van der Waals surface area contributed by atoms with Crippen molar-refractivity contribution in [3.8, 4) is 11.5 Å². The number of methoxy groups -OCH3 is 2. The van der Waals surface area contributed by atoms with Crippen molar-refractivity contribution >= 4 is 17.0 Å². The minimum Gasteiger partial charge on any atom is -0.497 e. The molecule has 28 heavy (non-hydrogen) atoms. The molecule has 0 spiro atoms. The van der Waals surface area contributed by atoms with Gasteiger partial charge in [-0.3, -0.25) is 0 Å². The topological polar surface area (TPSA) is 100 Å². The van der Waals surface area contributed by atoms with Crippen molar-refractivity contribution in [2.24, 2.45) is 11.7 Å². The Morgan fingerprint density at radius 1 is 1.18 bits per heavy atom. The van der Waals surface area contributed by atoms with Gasteiger partial charge >= 0.3 is 0 Å². The van der Waals surface area contributed by atoms with Crippen LogP contribution in [-0.4, -0.2) is 40.3 Å². The molecule has 1 fully saturated rings. The molecule has 0 bridgehead atoms. The second-order valence-corrected chi connectivity index (χ2v) is 7.15. The zero-order valence-electron chi connectivity index (χ0n) is 16.3. The lowest BCUT2D eigenvalue weighted by atomic mass is 10.1. The summed E-state index contributed by atoms with van der Waals surface area (Å²) >= 11 is 0. The first kappa shape index (κ1) is 18.5. The highest BCUT2D eigenvalue weighted by Gasteiger charge is 2.26. The minimum atomic E-state index is 0.406. The summed E-state index contributed by atoms with van der Waals surface area (Å²) in [6.07, 6.45) is 6.82. The van der Waals surface area contributed by atoms with Gasteiger partial charge in [0.15, 0.2) is 11.5 Å². The maximum atomic E-state index is 5.84. The van der Waals surface area contributed by atoms with Crippen LogP contribution in [0.4, 0.5) is 5.82 Å². The fraction of sp³-hybridized carbons (Fsp3) is 0.450. The van der Waals surface area contributed by atoms with Crippen molar-refractivity contribution in [2.75, 3.05) is 26.1 Å². The Hall–Kier alpha value is -2.87. The Morgan fingerprint density at radius 3 is 2.82 bits per heavy atom. The zero-order chi connectivity index (χ0) is 19.5. The van der Waals surface area contributed by atoms with Crippen molar-refractivity contribution in [2.45, 2.75) is 31.8 Å². The normalized spacial score (nSPS) is 19.1. The molecular formula is C20H26N6O2. The number of benzene rings is 1. The van der Waals surface area contributed by atoms with E-state index in [1.54, 1.807) is 20.5 Å². The maximum Gasteiger partial charge on any atom is 0.165 e. The first-order chi connectivity index (χ1) is 13.7. The lowest BCUT2D eigenvalue weighted by molar-refractivity contribution is 0.391. The van der Waals surface area contributed by atoms with Gasteiger partial charge in [-0.05, 0) is 43.9 Å². The molecule has 8 nitrogen and oxygen atoms in total. The minimum absolute atomic E-state index is 0.406. The molecule has 2 aromatic heterocycles. The molecule has 3 N–H and O–H groups in total. The second-order valence-electron chi connectivity index (χ2n) is 7.15. The van der Waals surface area contributed by atoms with E-state index in [0.29, 0.717) is 18.5 Å². The molecule has 0 amide bonds. The predicted molar refractivity (Wildman–Crippen MR) is 108 cm³/mol. The quantitative estimate of drug-likeness (QED) is 0.648. The molecule has 1 aliphatic rings. The van der Waals surface area contributed by atoms with Crippen LogP contribution in [0.25, 0.3) is 11.2 Å². The SMILES string of the molecule is COc1ccc(CNc2ncnc3c2ncn3C2CCC(CN)C2)c(OC)c1. The van der Waals surface area contributed by atoms with Crippen molar-refractivity contribution in [1.82, 2.24) is 19.5 Å². The summed E-state index contributed by atoms with van der Waals surface area (Å²) in [5.41, 5.74) is 8.50. The number of anilines is 1. The van der Waals surface area contributed by atoms with Crippen LogP contribution in [0.1, 0.15) is 30.9 Å². The molecule has 1 aromatic carbocycles. The smallest absolute Gasteiger partial charge is 0.165 e. The zero-order valence-corrected chi connectivity index (χ0v) is 16.3. The van der Waals surface area contributed by atoms with Gasteiger partial charge in [0, 0.05) is 24.2 Å². The largest absolute Gasteiger partial charge is 0.497 e. The average molecular weight is 382 g/mol. The Balaban J connectivity index is 1.55. The van der Waals surface area contributed by atoms with E-state index in [0.717, 1.165) is 59.9 Å². The highest BCUT2D eigenvalue weighted by atomic mass is 16.5. The summed E-state index contributed by atoms with van der Waals surface area (Å²) in [6.45, 7) is 1.30. The Morgan fingerprint density at radius 2 is 2.07 bits per heavy atom. The van der Waals surface area contributed by atoms with Crippen LogP contribution in [-0.2, 0) is 6.54 Å². The van der Waals surface area contributed by atoms with Gasteiger partial charge in [-0.15, -0.1) is 0 Å². The van der Waals surface area contributed by atoms with Gasteiger partial charge in [0.25, 0.3) is 0 Å². The van der Waals surface area contributed by atoms with Gasteiger partial charge < -0.3 is 25.1 Å². The maximum absolute atomic E-state index is 5.84. The number of aromatic nitrogens is 4. The van der Waals surface area contributed by atoms with Crippen LogP contribution in [0.5, 0.6) is 11.5 Å². The van der Waals surface area contributed by atoms with E-state index in [1.807, 2.05) is 24.5 Å². The Labute approximate surface area is 164 Å². The standard InChI is InChI=1S/C20H26N6O2/c1-27-16-6-4-14(17(8-16)28-2)10-22-19-18-20(24-11-23-19)26(12-25-18)15-5-3-13(7-15)9-21/h4,6,8,11-13,15H,3,5,7,9-10,21H2,1-2H3,(H,22,23,24). The van der Waals surface area contributed by atoms with E-state index in [9.17, 15) is 0 Å². The molecule has 3 aromatic rings. The van der Waals surface area contributed by atoms with Crippen LogP contribution >= 0.6 is 0 Å². The number of nitrogens with one attached hydrogen (secondary N) is 1. The summed E-state index contributed by atoms with van der Waals surface area (Å²) < 4.78 is 12.9. The Bertz CT molecular complexity index is 957. The van der Waals surface area contributed by atoms with Gasteiger partial charge in [0.1, 0.15) is 23.3 Å². The molecule has 1 aliphatic carbocycles. The summed E-state index contributed by atoms with van der Waals surface area (Å²) in [5, 5.41) is 3.37. The summed E-state index contributed by atoms with van der Waals surface area (Å²) in [4.78, 5) is 13.5. The molecule has 148 valence electrons. The van der Waals surface area contributed by atoms with Crippen LogP contribution in [0.3, 0.4) is 0 Å². The van der Waals surface area contributed by atoms with Crippen LogP contribution in [0.2, 0.25) is 0 Å². The van der Waals surface area contributed by atoms with Crippen molar-refractivity contribution in [3.63, 3.8) is 0 Å². The lowest BCUT2D eigenvalue weighted by Gasteiger charge is -2.13. The number of hydrogen-bond acceptors (Lipinski definition) is 7. The third kappa shape index (κ3) is 3.47. The van der Waals surface area contributed by atoms with Crippen LogP contribution < -0.4 is 20.5 Å². The summed E-state index contributed by atoms with van der Waals surface area (Å²) in [6, 6.07) is 6.17. The third-order valence-corrected chi connectivity index (χ3v) is 5.54. The van der Waals surface area contributed by atoms with E-state index < -0.39 is 0 Å². The molecule has 0 aliphatic heterocycles. The second kappa shape index (κ2) is 8.02. The van der Waals surface area contributed by atoms with Crippen molar-refractivity contribution < 1.29 is 9.47 Å². The van der Waals surface area contributed by atoms with Gasteiger partial charge in [0.05, 0.1) is 20.5 Å². The first-order valence-corrected chi connectivity index (χ1v) is 9.55. The fourth-order valence-corrected chi connectivity index (χ4v) is 3.94. The lowest BCUT2D eigenvalue weighted by Crippen LogP contribution is -2.12. The molecule has 2 atom stereocenters. The van der Waals surface area contributed by atoms with E-state index in [-0.39, 0.29) is 0 Å². The number of rotatable bonds is 7. The molecule has 0 radical (unpaired) electrons. The molecule has 8 heteroatoms. The molecule has 1 saturated carbocycles. The number of hydrogen-bond donors (Lipinski definition) is 2. The van der Waals surface area contributed by atoms with E-state index in [2.05, 4.69) is 24.8 Å². The molecule has 2 heterocycles. The number of imidazole rings is 1.